The normalized spacial score (nSPS) is 14.9. The fourth-order valence-electron chi connectivity index (χ4n) is 2.66. The Morgan fingerprint density at radius 1 is 1.33 bits per heavy atom. The number of nitriles is 1. The average Bonchev–Trinajstić information content (AvgIpc) is 3.11. The van der Waals surface area contributed by atoms with Crippen molar-refractivity contribution in [3.8, 4) is 17.3 Å². The zero-order valence-electron chi connectivity index (χ0n) is 15.3. The first-order valence-corrected chi connectivity index (χ1v) is 9.62. The molecule has 27 heavy (non-hydrogen) atoms. The second-order valence-electron chi connectivity index (χ2n) is 6.30. The molecule has 1 aliphatic rings. The second kappa shape index (κ2) is 8.80. The summed E-state index contributed by atoms with van der Waals surface area (Å²) in [7, 11) is 0. The standard InChI is InChI=1S/C20H21N3O3S/c1-14(2)26-19(24)16(13-21)12-17-18(15-6-4-3-5-7-15)22-20(27-17)23-8-10-25-11-9-23/h3-7,12,14H,8-11H2,1-2H3/b16-12+. The Hall–Kier alpha value is -2.69. The summed E-state index contributed by atoms with van der Waals surface area (Å²) >= 11 is 1.46. The molecule has 0 aliphatic carbocycles. The summed E-state index contributed by atoms with van der Waals surface area (Å²) in [6, 6.07) is 11.7. The van der Waals surface area contributed by atoms with E-state index < -0.39 is 5.97 Å². The first kappa shape index (κ1) is 19.1. The van der Waals surface area contributed by atoms with Crippen molar-refractivity contribution < 1.29 is 14.3 Å². The van der Waals surface area contributed by atoms with Gasteiger partial charge in [0.05, 0.1) is 29.9 Å². The number of hydrogen-bond donors (Lipinski definition) is 0. The van der Waals surface area contributed by atoms with Crippen LogP contribution < -0.4 is 4.90 Å². The van der Waals surface area contributed by atoms with Crippen LogP contribution in [0.1, 0.15) is 18.7 Å². The summed E-state index contributed by atoms with van der Waals surface area (Å²) in [5, 5.41) is 10.3. The Balaban J connectivity index is 2.01. The van der Waals surface area contributed by atoms with Gasteiger partial charge in [0.2, 0.25) is 0 Å². The van der Waals surface area contributed by atoms with Crippen LogP contribution in [-0.2, 0) is 14.3 Å². The summed E-state index contributed by atoms with van der Waals surface area (Å²) in [5.41, 5.74) is 1.67. The predicted octanol–water partition coefficient (Wildman–Crippen LogP) is 3.51. The minimum Gasteiger partial charge on any atom is -0.459 e. The molecule has 0 spiro atoms. The highest BCUT2D eigenvalue weighted by Crippen LogP contribution is 2.35. The highest BCUT2D eigenvalue weighted by Gasteiger charge is 2.20. The molecule has 0 saturated carbocycles. The lowest BCUT2D eigenvalue weighted by atomic mass is 10.1. The topological polar surface area (TPSA) is 75.5 Å². The van der Waals surface area contributed by atoms with Crippen molar-refractivity contribution in [2.45, 2.75) is 20.0 Å². The van der Waals surface area contributed by atoms with Crippen LogP contribution in [0.3, 0.4) is 0 Å². The summed E-state index contributed by atoms with van der Waals surface area (Å²) in [5.74, 6) is -0.618. The summed E-state index contributed by atoms with van der Waals surface area (Å²) < 4.78 is 10.6. The molecule has 0 amide bonds. The molecule has 1 aromatic carbocycles. The van der Waals surface area contributed by atoms with Gasteiger partial charge in [0.1, 0.15) is 11.6 Å². The Morgan fingerprint density at radius 2 is 2.04 bits per heavy atom. The lowest BCUT2D eigenvalue weighted by Crippen LogP contribution is -2.36. The first-order valence-electron chi connectivity index (χ1n) is 8.80. The number of aromatic nitrogens is 1. The minimum atomic E-state index is -0.618. The Labute approximate surface area is 162 Å². The van der Waals surface area contributed by atoms with Gasteiger partial charge >= 0.3 is 5.97 Å². The van der Waals surface area contributed by atoms with Gasteiger partial charge in [-0.2, -0.15) is 5.26 Å². The number of nitrogens with zero attached hydrogens (tertiary/aromatic N) is 3. The van der Waals surface area contributed by atoms with E-state index in [1.807, 2.05) is 36.4 Å². The third-order valence-corrected chi connectivity index (χ3v) is 4.99. The third kappa shape index (κ3) is 4.73. The van der Waals surface area contributed by atoms with Crippen molar-refractivity contribution in [3.05, 3.63) is 40.8 Å². The van der Waals surface area contributed by atoms with E-state index in [-0.39, 0.29) is 11.7 Å². The van der Waals surface area contributed by atoms with Crippen LogP contribution in [0.25, 0.3) is 17.3 Å². The monoisotopic (exact) mass is 383 g/mol. The molecule has 0 N–H and O–H groups in total. The minimum absolute atomic E-state index is 0.0296. The molecule has 1 aliphatic heterocycles. The summed E-state index contributed by atoms with van der Waals surface area (Å²) in [6.45, 7) is 6.37. The molecule has 0 bridgehead atoms. The van der Waals surface area contributed by atoms with Gasteiger partial charge in [-0.1, -0.05) is 41.7 Å². The van der Waals surface area contributed by atoms with Crippen molar-refractivity contribution in [2.24, 2.45) is 0 Å². The van der Waals surface area contributed by atoms with Crippen LogP contribution in [0.5, 0.6) is 0 Å². The van der Waals surface area contributed by atoms with Crippen molar-refractivity contribution in [3.63, 3.8) is 0 Å². The molecule has 1 aromatic heterocycles. The maximum absolute atomic E-state index is 12.2. The maximum Gasteiger partial charge on any atom is 0.349 e. The molecule has 0 unspecified atom stereocenters. The Kier molecular flexibility index (Phi) is 6.22. The number of morpholine rings is 1. The van der Waals surface area contributed by atoms with E-state index in [0.29, 0.717) is 13.2 Å². The molecule has 6 nitrogen and oxygen atoms in total. The number of carbonyl (C=O) groups is 1. The van der Waals surface area contributed by atoms with Gasteiger partial charge in [-0.05, 0) is 19.9 Å². The lowest BCUT2D eigenvalue weighted by molar-refractivity contribution is -0.142. The number of rotatable bonds is 5. The molecule has 140 valence electrons. The van der Waals surface area contributed by atoms with Crippen LogP contribution in [0.2, 0.25) is 0 Å². The number of carbonyl (C=O) groups excluding carboxylic acids is 1. The van der Waals surface area contributed by atoms with Gasteiger partial charge in [0, 0.05) is 18.7 Å². The highest BCUT2D eigenvalue weighted by molar-refractivity contribution is 7.17. The number of esters is 1. The highest BCUT2D eigenvalue weighted by atomic mass is 32.1. The molecule has 7 heteroatoms. The van der Waals surface area contributed by atoms with Gasteiger partial charge in [-0.25, -0.2) is 9.78 Å². The van der Waals surface area contributed by atoms with E-state index in [4.69, 9.17) is 14.5 Å². The van der Waals surface area contributed by atoms with E-state index in [2.05, 4.69) is 4.90 Å². The van der Waals surface area contributed by atoms with E-state index >= 15 is 0 Å². The molecule has 1 fully saturated rings. The van der Waals surface area contributed by atoms with Crippen molar-refractivity contribution in [1.82, 2.24) is 4.98 Å². The first-order chi connectivity index (χ1) is 13.1. The van der Waals surface area contributed by atoms with E-state index in [1.54, 1.807) is 19.9 Å². The lowest BCUT2D eigenvalue weighted by Gasteiger charge is -2.26. The molecule has 0 radical (unpaired) electrons. The zero-order chi connectivity index (χ0) is 19.2. The van der Waals surface area contributed by atoms with E-state index in [1.165, 1.54) is 11.3 Å². The van der Waals surface area contributed by atoms with Crippen LogP contribution in [0, 0.1) is 11.3 Å². The van der Waals surface area contributed by atoms with Crippen LogP contribution >= 0.6 is 11.3 Å². The van der Waals surface area contributed by atoms with Crippen molar-refractivity contribution in [1.29, 1.82) is 5.26 Å². The van der Waals surface area contributed by atoms with Crippen LogP contribution in [0.15, 0.2) is 35.9 Å². The molecule has 0 atom stereocenters. The number of thiazole rings is 1. The zero-order valence-corrected chi connectivity index (χ0v) is 16.2. The van der Waals surface area contributed by atoms with Crippen molar-refractivity contribution >= 4 is 28.5 Å². The number of ether oxygens (including phenoxy) is 2. The van der Waals surface area contributed by atoms with Crippen LogP contribution in [0.4, 0.5) is 5.13 Å². The SMILES string of the molecule is CC(C)OC(=O)/C(C#N)=C/c1sc(N2CCOCC2)nc1-c1ccccc1. The number of hydrogen-bond acceptors (Lipinski definition) is 7. The molecular formula is C20H21N3O3S. The van der Waals surface area contributed by atoms with Gasteiger partial charge in [-0.15, -0.1) is 0 Å². The quantitative estimate of drug-likeness (QED) is 0.447. The van der Waals surface area contributed by atoms with Crippen LogP contribution in [-0.4, -0.2) is 43.4 Å². The van der Waals surface area contributed by atoms with E-state index in [0.717, 1.165) is 34.4 Å². The van der Waals surface area contributed by atoms with Gasteiger partial charge in [-0.3, -0.25) is 0 Å². The smallest absolute Gasteiger partial charge is 0.349 e. The third-order valence-electron chi connectivity index (χ3n) is 3.93. The summed E-state index contributed by atoms with van der Waals surface area (Å²) in [4.78, 5) is 19.9. The second-order valence-corrected chi connectivity index (χ2v) is 7.31. The largest absolute Gasteiger partial charge is 0.459 e. The maximum atomic E-state index is 12.2. The average molecular weight is 383 g/mol. The molecule has 2 aromatic rings. The van der Waals surface area contributed by atoms with Crippen molar-refractivity contribution in [2.75, 3.05) is 31.2 Å². The predicted molar refractivity (Wildman–Crippen MR) is 105 cm³/mol. The van der Waals surface area contributed by atoms with E-state index in [9.17, 15) is 10.1 Å². The molecule has 1 saturated heterocycles. The fraction of sp³-hybridized carbons (Fsp3) is 0.350. The molecular weight excluding hydrogens is 362 g/mol. The van der Waals surface area contributed by atoms with Gasteiger partial charge < -0.3 is 14.4 Å². The molecule has 2 heterocycles. The number of benzene rings is 1. The van der Waals surface area contributed by atoms with Gasteiger partial charge in [0.15, 0.2) is 5.13 Å². The summed E-state index contributed by atoms with van der Waals surface area (Å²) in [6.07, 6.45) is 1.29. The fourth-order valence-corrected chi connectivity index (χ4v) is 3.74. The molecule has 3 rings (SSSR count). The Bertz CT molecular complexity index is 862. The van der Waals surface area contributed by atoms with Gasteiger partial charge in [0.25, 0.3) is 0 Å². The number of anilines is 1. The Morgan fingerprint density at radius 3 is 2.67 bits per heavy atom.